The second-order valence-corrected chi connectivity index (χ2v) is 6.84. The number of amides is 1. The van der Waals surface area contributed by atoms with E-state index in [1.807, 2.05) is 31.2 Å². The Hall–Kier alpha value is -1.86. The lowest BCUT2D eigenvalue weighted by Crippen LogP contribution is -2.42. The number of hydrogen-bond acceptors (Lipinski definition) is 6. The molecule has 0 bridgehead atoms. The van der Waals surface area contributed by atoms with Gasteiger partial charge >= 0.3 is 5.97 Å². The smallest absolute Gasteiger partial charge is 0.329 e. The van der Waals surface area contributed by atoms with Crippen molar-refractivity contribution in [1.29, 1.82) is 0 Å². The van der Waals surface area contributed by atoms with Crippen molar-refractivity contribution in [2.75, 3.05) is 13.7 Å². The van der Waals surface area contributed by atoms with Crippen LogP contribution in [0, 0.1) is 0 Å². The normalized spacial score (nSPS) is 17.3. The van der Waals surface area contributed by atoms with Gasteiger partial charge in [0.25, 0.3) is 5.91 Å². The predicted molar refractivity (Wildman–Crippen MR) is 98.7 cm³/mol. The molecule has 1 fully saturated rings. The second kappa shape index (κ2) is 8.30. The SMILES string of the molecule is CCCOC(=O)C(C)N1C(=O)C(=Cc2ccc(OC)cc2)SC1=S. The molecule has 5 nitrogen and oxygen atoms in total. The average Bonchev–Trinajstić information content (AvgIpc) is 2.86. The Kier molecular flexibility index (Phi) is 6.39. The van der Waals surface area contributed by atoms with Gasteiger partial charge in [0.2, 0.25) is 0 Å². The van der Waals surface area contributed by atoms with Gasteiger partial charge in [-0.25, -0.2) is 4.79 Å². The van der Waals surface area contributed by atoms with Gasteiger partial charge in [-0.05, 0) is 37.1 Å². The number of thioether (sulfide) groups is 1. The van der Waals surface area contributed by atoms with Crippen LogP contribution in [0.5, 0.6) is 5.75 Å². The van der Waals surface area contributed by atoms with Gasteiger partial charge in [0, 0.05) is 0 Å². The van der Waals surface area contributed by atoms with Gasteiger partial charge in [-0.1, -0.05) is 43.0 Å². The molecule has 0 aliphatic carbocycles. The molecule has 1 amide bonds. The number of ether oxygens (including phenoxy) is 2. The molecule has 1 aliphatic rings. The second-order valence-electron chi connectivity index (χ2n) is 5.17. The molecule has 2 rings (SSSR count). The largest absolute Gasteiger partial charge is 0.497 e. The van der Waals surface area contributed by atoms with Crippen molar-refractivity contribution in [3.05, 3.63) is 34.7 Å². The monoisotopic (exact) mass is 365 g/mol. The summed E-state index contributed by atoms with van der Waals surface area (Å²) >= 11 is 6.44. The summed E-state index contributed by atoms with van der Waals surface area (Å²) in [5, 5.41) is 0. The molecule has 0 N–H and O–H groups in total. The molecular formula is C17H19NO4S2. The van der Waals surface area contributed by atoms with Crippen molar-refractivity contribution in [2.24, 2.45) is 0 Å². The van der Waals surface area contributed by atoms with E-state index in [2.05, 4.69) is 0 Å². The van der Waals surface area contributed by atoms with Crippen molar-refractivity contribution in [3.8, 4) is 5.75 Å². The zero-order chi connectivity index (χ0) is 17.7. The van der Waals surface area contributed by atoms with Gasteiger partial charge in [-0.3, -0.25) is 9.69 Å². The Morgan fingerprint density at radius 2 is 2.04 bits per heavy atom. The van der Waals surface area contributed by atoms with Crippen molar-refractivity contribution in [1.82, 2.24) is 4.90 Å². The average molecular weight is 365 g/mol. The molecule has 24 heavy (non-hydrogen) atoms. The number of carbonyl (C=O) groups is 2. The fraction of sp³-hybridized carbons (Fsp3) is 0.353. The minimum Gasteiger partial charge on any atom is -0.497 e. The van der Waals surface area contributed by atoms with E-state index < -0.39 is 12.0 Å². The van der Waals surface area contributed by atoms with E-state index in [4.69, 9.17) is 21.7 Å². The molecule has 128 valence electrons. The number of hydrogen-bond donors (Lipinski definition) is 0. The van der Waals surface area contributed by atoms with Crippen molar-refractivity contribution < 1.29 is 19.1 Å². The minimum atomic E-state index is -0.731. The summed E-state index contributed by atoms with van der Waals surface area (Å²) in [4.78, 5) is 26.4. The summed E-state index contributed by atoms with van der Waals surface area (Å²) in [5.41, 5.74) is 0.859. The summed E-state index contributed by atoms with van der Waals surface area (Å²) in [5.74, 6) is 0.0209. The summed E-state index contributed by atoms with van der Waals surface area (Å²) in [6, 6.07) is 6.61. The van der Waals surface area contributed by atoms with E-state index in [0.717, 1.165) is 17.7 Å². The number of thiocarbonyl (C=S) groups is 1. The fourth-order valence-corrected chi connectivity index (χ4v) is 3.51. The van der Waals surface area contributed by atoms with Gasteiger partial charge in [0.05, 0.1) is 18.6 Å². The summed E-state index contributed by atoms with van der Waals surface area (Å²) < 4.78 is 10.6. The minimum absolute atomic E-state index is 0.276. The van der Waals surface area contributed by atoms with Crippen molar-refractivity contribution in [2.45, 2.75) is 26.3 Å². The molecule has 7 heteroatoms. The molecule has 1 aromatic carbocycles. The molecular weight excluding hydrogens is 346 g/mol. The van der Waals surface area contributed by atoms with E-state index in [0.29, 0.717) is 15.8 Å². The highest BCUT2D eigenvalue weighted by Gasteiger charge is 2.38. The maximum Gasteiger partial charge on any atom is 0.329 e. The Balaban J connectivity index is 2.15. The van der Waals surface area contributed by atoms with Crippen LogP contribution in [0.25, 0.3) is 6.08 Å². The quantitative estimate of drug-likeness (QED) is 0.438. The fourth-order valence-electron chi connectivity index (χ4n) is 2.09. The first-order valence-electron chi connectivity index (χ1n) is 7.55. The van der Waals surface area contributed by atoms with E-state index >= 15 is 0 Å². The van der Waals surface area contributed by atoms with Crippen molar-refractivity contribution in [3.63, 3.8) is 0 Å². The molecule has 1 saturated heterocycles. The topological polar surface area (TPSA) is 55.8 Å². The van der Waals surface area contributed by atoms with E-state index in [1.54, 1.807) is 20.1 Å². The Morgan fingerprint density at radius 1 is 1.38 bits per heavy atom. The van der Waals surface area contributed by atoms with Gasteiger partial charge in [-0.15, -0.1) is 0 Å². The van der Waals surface area contributed by atoms with Crippen LogP contribution in [-0.2, 0) is 14.3 Å². The summed E-state index contributed by atoms with van der Waals surface area (Å²) in [6.45, 7) is 3.87. The van der Waals surface area contributed by atoms with Crippen LogP contribution < -0.4 is 4.74 Å². The third-order valence-electron chi connectivity index (χ3n) is 3.41. The first-order valence-corrected chi connectivity index (χ1v) is 8.78. The molecule has 0 spiro atoms. The van der Waals surface area contributed by atoms with E-state index in [-0.39, 0.29) is 5.91 Å². The highest BCUT2D eigenvalue weighted by Crippen LogP contribution is 2.34. The summed E-state index contributed by atoms with van der Waals surface area (Å²) in [6.07, 6.45) is 2.48. The first kappa shape index (κ1) is 18.5. The van der Waals surface area contributed by atoms with Crippen LogP contribution in [0.1, 0.15) is 25.8 Å². The third-order valence-corrected chi connectivity index (χ3v) is 4.74. The molecule has 0 radical (unpaired) electrons. The number of methoxy groups -OCH3 is 1. The maximum absolute atomic E-state index is 12.6. The lowest BCUT2D eigenvalue weighted by atomic mass is 10.2. The van der Waals surface area contributed by atoms with Gasteiger partial charge in [0.1, 0.15) is 16.1 Å². The van der Waals surface area contributed by atoms with Gasteiger partial charge in [0.15, 0.2) is 0 Å². The predicted octanol–water partition coefficient (Wildman–Crippen LogP) is 3.24. The van der Waals surface area contributed by atoms with Gasteiger partial charge < -0.3 is 9.47 Å². The van der Waals surface area contributed by atoms with Crippen LogP contribution in [-0.4, -0.2) is 40.9 Å². The Bertz CT molecular complexity index is 670. The number of carbonyl (C=O) groups excluding carboxylic acids is 2. The van der Waals surface area contributed by atoms with Gasteiger partial charge in [-0.2, -0.15) is 0 Å². The van der Waals surface area contributed by atoms with Crippen molar-refractivity contribution >= 4 is 46.3 Å². The van der Waals surface area contributed by atoms with Crippen LogP contribution >= 0.6 is 24.0 Å². The number of esters is 1. The molecule has 0 saturated carbocycles. The third kappa shape index (κ3) is 4.15. The molecule has 1 atom stereocenters. The molecule has 1 heterocycles. The zero-order valence-corrected chi connectivity index (χ0v) is 15.4. The molecule has 0 aromatic heterocycles. The highest BCUT2D eigenvalue weighted by atomic mass is 32.2. The van der Waals surface area contributed by atoms with E-state index in [9.17, 15) is 9.59 Å². The van der Waals surface area contributed by atoms with Crippen LogP contribution in [0.15, 0.2) is 29.2 Å². The zero-order valence-electron chi connectivity index (χ0n) is 13.8. The van der Waals surface area contributed by atoms with Crippen LogP contribution in [0.2, 0.25) is 0 Å². The van der Waals surface area contributed by atoms with Crippen LogP contribution in [0.4, 0.5) is 0 Å². The highest BCUT2D eigenvalue weighted by molar-refractivity contribution is 8.26. The van der Waals surface area contributed by atoms with E-state index in [1.165, 1.54) is 16.7 Å². The molecule has 1 aliphatic heterocycles. The number of nitrogens with zero attached hydrogens (tertiary/aromatic N) is 1. The number of rotatable bonds is 6. The molecule has 1 aromatic rings. The van der Waals surface area contributed by atoms with Crippen LogP contribution in [0.3, 0.4) is 0 Å². The first-order chi connectivity index (χ1) is 11.5. The summed E-state index contributed by atoms with van der Waals surface area (Å²) in [7, 11) is 1.60. The Morgan fingerprint density at radius 3 is 2.62 bits per heavy atom. The lowest BCUT2D eigenvalue weighted by Gasteiger charge is -2.21. The number of benzene rings is 1. The standard InChI is InChI=1S/C17H19NO4S2/c1-4-9-22-16(20)11(2)18-15(19)14(24-17(18)23)10-12-5-7-13(21-3)8-6-12/h5-8,10-11H,4,9H2,1-3H3. The maximum atomic E-state index is 12.6. The lowest BCUT2D eigenvalue weighted by molar-refractivity contribution is -0.150. The molecule has 1 unspecified atom stereocenters. The Labute approximate surface area is 151 Å².